The maximum absolute atomic E-state index is 12.1. The Kier molecular flexibility index (Phi) is 6.32. The van der Waals surface area contributed by atoms with Gasteiger partial charge >= 0.3 is 0 Å². The zero-order valence-electron chi connectivity index (χ0n) is 11.2. The normalized spacial score (nSPS) is 18.3. The van der Waals surface area contributed by atoms with Crippen LogP contribution in [0.3, 0.4) is 0 Å². The molecule has 1 rings (SSSR count). The van der Waals surface area contributed by atoms with Crippen molar-refractivity contribution in [3.63, 3.8) is 0 Å². The third-order valence-electron chi connectivity index (χ3n) is 3.20. The summed E-state index contributed by atoms with van der Waals surface area (Å²) < 4.78 is 10.6. The van der Waals surface area contributed by atoms with Crippen molar-refractivity contribution in [2.24, 2.45) is 11.1 Å². The number of nitrogens with one attached hydrogen (secondary N) is 1. The van der Waals surface area contributed by atoms with Gasteiger partial charge in [0.1, 0.15) is 0 Å². The number of hydrogen-bond donors (Lipinski definition) is 2. The molecule has 0 spiro atoms. The molecular weight excluding hydrogens is 232 g/mol. The predicted molar refractivity (Wildman–Crippen MR) is 70.2 cm³/mol. The molecule has 0 unspecified atom stereocenters. The summed E-state index contributed by atoms with van der Waals surface area (Å²) in [6.07, 6.45) is 1.39. The van der Waals surface area contributed by atoms with E-state index in [2.05, 4.69) is 11.9 Å². The van der Waals surface area contributed by atoms with Crippen LogP contribution >= 0.6 is 0 Å². The zero-order valence-corrected chi connectivity index (χ0v) is 11.2. The molecule has 5 heteroatoms. The van der Waals surface area contributed by atoms with Gasteiger partial charge in [-0.15, -0.1) is 0 Å². The van der Waals surface area contributed by atoms with Crippen molar-refractivity contribution in [2.75, 3.05) is 39.5 Å². The van der Waals surface area contributed by atoms with Gasteiger partial charge in [0.25, 0.3) is 0 Å². The highest BCUT2D eigenvalue weighted by Gasteiger charge is 2.38. The minimum atomic E-state index is -0.452. The van der Waals surface area contributed by atoms with Crippen molar-refractivity contribution in [1.82, 2.24) is 5.32 Å². The molecule has 0 aliphatic carbocycles. The summed E-state index contributed by atoms with van der Waals surface area (Å²) in [5.74, 6) is 0.0206. The second-order valence-corrected chi connectivity index (χ2v) is 4.86. The fraction of sp³-hybridized carbons (Fsp3) is 0.769. The van der Waals surface area contributed by atoms with Crippen LogP contribution in [0.4, 0.5) is 0 Å². The summed E-state index contributed by atoms with van der Waals surface area (Å²) in [4.78, 5) is 12.1. The Balaban J connectivity index is 2.27. The van der Waals surface area contributed by atoms with Crippen LogP contribution in [0.15, 0.2) is 12.2 Å². The number of carbonyl (C=O) groups excluding carboxylic acids is 1. The van der Waals surface area contributed by atoms with Gasteiger partial charge in [-0.2, -0.15) is 0 Å². The molecule has 0 aromatic carbocycles. The number of amides is 1. The van der Waals surface area contributed by atoms with Crippen LogP contribution in [0.1, 0.15) is 19.8 Å². The van der Waals surface area contributed by atoms with E-state index in [1.54, 1.807) is 0 Å². The van der Waals surface area contributed by atoms with Crippen molar-refractivity contribution in [1.29, 1.82) is 0 Å². The fourth-order valence-corrected chi connectivity index (χ4v) is 1.96. The average molecular weight is 256 g/mol. The van der Waals surface area contributed by atoms with Gasteiger partial charge in [-0.25, -0.2) is 0 Å². The molecule has 0 radical (unpaired) electrons. The van der Waals surface area contributed by atoms with Gasteiger partial charge in [0, 0.05) is 26.3 Å². The molecule has 0 aromatic heterocycles. The average Bonchev–Trinajstić information content (AvgIpc) is 2.38. The number of ether oxygens (including phenoxy) is 2. The molecule has 0 aromatic rings. The van der Waals surface area contributed by atoms with Gasteiger partial charge in [-0.3, -0.25) is 4.79 Å². The van der Waals surface area contributed by atoms with E-state index in [-0.39, 0.29) is 5.91 Å². The SMILES string of the molecule is C=C(C)COCCNC(=O)C1(CN)CCOCC1. The highest BCUT2D eigenvalue weighted by molar-refractivity contribution is 5.83. The summed E-state index contributed by atoms with van der Waals surface area (Å²) in [5.41, 5.74) is 6.27. The third kappa shape index (κ3) is 4.40. The largest absolute Gasteiger partial charge is 0.381 e. The number of hydrogen-bond acceptors (Lipinski definition) is 4. The van der Waals surface area contributed by atoms with Crippen LogP contribution in [-0.2, 0) is 14.3 Å². The van der Waals surface area contributed by atoms with Gasteiger partial charge < -0.3 is 20.5 Å². The third-order valence-corrected chi connectivity index (χ3v) is 3.20. The highest BCUT2D eigenvalue weighted by atomic mass is 16.5. The van der Waals surface area contributed by atoms with Crippen LogP contribution in [0.2, 0.25) is 0 Å². The highest BCUT2D eigenvalue weighted by Crippen LogP contribution is 2.29. The van der Waals surface area contributed by atoms with Crippen LogP contribution in [0.5, 0.6) is 0 Å². The lowest BCUT2D eigenvalue weighted by atomic mass is 9.79. The van der Waals surface area contributed by atoms with E-state index in [9.17, 15) is 4.79 Å². The Bertz CT molecular complexity index is 286. The van der Waals surface area contributed by atoms with Crippen LogP contribution < -0.4 is 11.1 Å². The predicted octanol–water partition coefficient (Wildman–Crippen LogP) is 0.451. The number of rotatable bonds is 7. The van der Waals surface area contributed by atoms with Gasteiger partial charge in [-0.1, -0.05) is 12.2 Å². The molecule has 1 aliphatic heterocycles. The second-order valence-electron chi connectivity index (χ2n) is 4.86. The molecule has 0 bridgehead atoms. The van der Waals surface area contributed by atoms with Gasteiger partial charge in [-0.05, 0) is 19.8 Å². The lowest BCUT2D eigenvalue weighted by Gasteiger charge is -2.34. The van der Waals surface area contributed by atoms with E-state index in [0.717, 1.165) is 5.57 Å². The van der Waals surface area contributed by atoms with Crippen molar-refractivity contribution >= 4 is 5.91 Å². The molecule has 0 saturated carbocycles. The van der Waals surface area contributed by atoms with Gasteiger partial charge in [0.15, 0.2) is 0 Å². The van der Waals surface area contributed by atoms with E-state index in [4.69, 9.17) is 15.2 Å². The Labute approximate surface area is 109 Å². The molecule has 1 aliphatic rings. The molecule has 1 amide bonds. The summed E-state index contributed by atoms with van der Waals surface area (Å²) >= 11 is 0. The first-order valence-corrected chi connectivity index (χ1v) is 6.39. The van der Waals surface area contributed by atoms with Crippen molar-refractivity contribution in [3.8, 4) is 0 Å². The molecule has 1 heterocycles. The quantitative estimate of drug-likeness (QED) is 0.512. The summed E-state index contributed by atoms with van der Waals surface area (Å²) in [7, 11) is 0. The number of nitrogens with two attached hydrogens (primary N) is 1. The van der Waals surface area contributed by atoms with Crippen LogP contribution in [-0.4, -0.2) is 45.4 Å². The molecule has 3 N–H and O–H groups in total. The van der Waals surface area contributed by atoms with E-state index in [1.807, 2.05) is 6.92 Å². The smallest absolute Gasteiger partial charge is 0.227 e. The maximum atomic E-state index is 12.1. The van der Waals surface area contributed by atoms with Crippen molar-refractivity contribution in [3.05, 3.63) is 12.2 Å². The standard InChI is InChI=1S/C13H24N2O3/c1-11(2)9-18-8-5-15-12(16)13(10-14)3-6-17-7-4-13/h1,3-10,14H2,2H3,(H,15,16). The molecule has 104 valence electrons. The Morgan fingerprint density at radius 1 is 1.50 bits per heavy atom. The monoisotopic (exact) mass is 256 g/mol. The molecule has 18 heavy (non-hydrogen) atoms. The lowest BCUT2D eigenvalue weighted by Crippen LogP contribution is -2.49. The van der Waals surface area contributed by atoms with E-state index >= 15 is 0 Å². The summed E-state index contributed by atoms with van der Waals surface area (Å²) in [6, 6.07) is 0. The Morgan fingerprint density at radius 2 is 2.17 bits per heavy atom. The van der Waals surface area contributed by atoms with Gasteiger partial charge in [0.2, 0.25) is 5.91 Å². The molecule has 1 saturated heterocycles. The number of carbonyl (C=O) groups is 1. The van der Waals surface area contributed by atoms with Crippen molar-refractivity contribution in [2.45, 2.75) is 19.8 Å². The molecular formula is C13H24N2O3. The summed E-state index contributed by atoms with van der Waals surface area (Å²) in [6.45, 7) is 8.77. The van der Waals surface area contributed by atoms with Crippen LogP contribution in [0, 0.1) is 5.41 Å². The van der Waals surface area contributed by atoms with E-state index in [1.165, 1.54) is 0 Å². The minimum absolute atomic E-state index is 0.0206. The van der Waals surface area contributed by atoms with E-state index in [0.29, 0.717) is 52.4 Å². The molecule has 1 fully saturated rings. The first kappa shape index (κ1) is 15.1. The lowest BCUT2D eigenvalue weighted by molar-refractivity contribution is -0.136. The zero-order chi connectivity index (χ0) is 13.4. The van der Waals surface area contributed by atoms with Crippen LogP contribution in [0.25, 0.3) is 0 Å². The Hall–Kier alpha value is -0.910. The minimum Gasteiger partial charge on any atom is -0.381 e. The first-order chi connectivity index (χ1) is 8.60. The second kappa shape index (κ2) is 7.51. The van der Waals surface area contributed by atoms with Gasteiger partial charge in [0.05, 0.1) is 18.6 Å². The maximum Gasteiger partial charge on any atom is 0.227 e. The Morgan fingerprint density at radius 3 is 2.72 bits per heavy atom. The molecule has 5 nitrogen and oxygen atoms in total. The topological polar surface area (TPSA) is 73.6 Å². The van der Waals surface area contributed by atoms with Crippen molar-refractivity contribution < 1.29 is 14.3 Å². The fourth-order valence-electron chi connectivity index (χ4n) is 1.96. The van der Waals surface area contributed by atoms with E-state index < -0.39 is 5.41 Å². The first-order valence-electron chi connectivity index (χ1n) is 6.39. The summed E-state index contributed by atoms with van der Waals surface area (Å²) in [5, 5.41) is 2.89. The molecule has 0 atom stereocenters.